The van der Waals surface area contributed by atoms with Crippen LogP contribution in [0.15, 0.2) is 0 Å². The Kier molecular flexibility index (Phi) is 5.29. The predicted molar refractivity (Wildman–Crippen MR) is 70.6 cm³/mol. The van der Waals surface area contributed by atoms with E-state index >= 15 is 0 Å². The molecule has 1 rings (SSSR count). The molecule has 18 heavy (non-hydrogen) atoms. The summed E-state index contributed by atoms with van der Waals surface area (Å²) in [7, 11) is 1.90. The van der Waals surface area contributed by atoms with Gasteiger partial charge in [-0.05, 0) is 6.42 Å². The summed E-state index contributed by atoms with van der Waals surface area (Å²) in [5.74, 6) is 0.794. The molecule has 0 spiro atoms. The topological polar surface area (TPSA) is 110 Å². The Morgan fingerprint density at radius 3 is 2.78 bits per heavy atom. The van der Waals surface area contributed by atoms with Crippen LogP contribution in [-0.4, -0.2) is 29.7 Å². The molecule has 0 atom stereocenters. The summed E-state index contributed by atoms with van der Waals surface area (Å²) in [6.07, 6.45) is 3.77. The fourth-order valence-corrected chi connectivity index (χ4v) is 1.59. The Hall–Kier alpha value is -1.92. The first kappa shape index (κ1) is 14.1. The number of aromatic nitrogens is 2. The number of H-pyrrole nitrogens is 1. The number of primary amides is 1. The Morgan fingerprint density at radius 2 is 2.17 bits per heavy atom. The molecule has 7 heteroatoms. The number of nitrogens with one attached hydrogen (secondary N) is 1. The fraction of sp³-hybridized carbons (Fsp3) is 0.636. The SMILES string of the molecule is CCCCCCN(C)c1nc(OC(N)=O)c(N)[nH]1. The van der Waals surface area contributed by atoms with E-state index < -0.39 is 6.09 Å². The highest BCUT2D eigenvalue weighted by Gasteiger charge is 2.13. The van der Waals surface area contributed by atoms with Crippen molar-refractivity contribution >= 4 is 17.9 Å². The maximum Gasteiger partial charge on any atom is 0.411 e. The highest BCUT2D eigenvalue weighted by Crippen LogP contribution is 2.22. The highest BCUT2D eigenvalue weighted by molar-refractivity contribution is 5.69. The minimum atomic E-state index is -0.926. The van der Waals surface area contributed by atoms with Crippen LogP contribution in [0.2, 0.25) is 0 Å². The second-order valence-electron chi connectivity index (χ2n) is 4.18. The van der Waals surface area contributed by atoms with Crippen LogP contribution in [0.3, 0.4) is 0 Å². The molecule has 0 aliphatic carbocycles. The zero-order valence-electron chi connectivity index (χ0n) is 10.9. The maximum absolute atomic E-state index is 10.6. The molecular weight excluding hydrogens is 234 g/mol. The molecule has 1 heterocycles. The molecule has 1 amide bonds. The largest absolute Gasteiger partial charge is 0.411 e. The van der Waals surface area contributed by atoms with Gasteiger partial charge in [0, 0.05) is 13.6 Å². The van der Waals surface area contributed by atoms with E-state index in [1.165, 1.54) is 19.3 Å². The third-order valence-corrected chi connectivity index (χ3v) is 2.59. The lowest BCUT2D eigenvalue weighted by atomic mass is 10.2. The molecule has 0 unspecified atom stereocenters. The van der Waals surface area contributed by atoms with Gasteiger partial charge in [-0.15, -0.1) is 0 Å². The second-order valence-corrected chi connectivity index (χ2v) is 4.18. The smallest absolute Gasteiger partial charge is 0.387 e. The average molecular weight is 255 g/mol. The Labute approximate surface area is 106 Å². The van der Waals surface area contributed by atoms with Gasteiger partial charge < -0.3 is 26.1 Å². The number of hydrogen-bond acceptors (Lipinski definition) is 5. The number of carbonyl (C=O) groups is 1. The summed E-state index contributed by atoms with van der Waals surface area (Å²) < 4.78 is 4.66. The van der Waals surface area contributed by atoms with E-state index in [4.69, 9.17) is 11.5 Å². The van der Waals surface area contributed by atoms with Crippen LogP contribution in [-0.2, 0) is 0 Å². The molecule has 0 aromatic carbocycles. The normalized spacial score (nSPS) is 10.3. The first-order chi connectivity index (χ1) is 8.54. The quantitative estimate of drug-likeness (QED) is 0.639. The molecule has 7 nitrogen and oxygen atoms in total. The van der Waals surface area contributed by atoms with Crippen molar-refractivity contribution in [2.45, 2.75) is 32.6 Å². The summed E-state index contributed by atoms with van der Waals surface area (Å²) in [4.78, 5) is 19.5. The van der Waals surface area contributed by atoms with E-state index in [2.05, 4.69) is 21.6 Å². The van der Waals surface area contributed by atoms with E-state index in [0.29, 0.717) is 5.95 Å². The van der Waals surface area contributed by atoms with Gasteiger partial charge in [0.15, 0.2) is 5.82 Å². The lowest BCUT2D eigenvalue weighted by Gasteiger charge is -2.15. The van der Waals surface area contributed by atoms with Crippen molar-refractivity contribution in [3.8, 4) is 5.88 Å². The monoisotopic (exact) mass is 255 g/mol. The van der Waals surface area contributed by atoms with Crippen LogP contribution in [0.1, 0.15) is 32.6 Å². The van der Waals surface area contributed by atoms with Crippen LogP contribution in [0.5, 0.6) is 5.88 Å². The zero-order chi connectivity index (χ0) is 13.5. The van der Waals surface area contributed by atoms with Crippen molar-refractivity contribution < 1.29 is 9.53 Å². The number of nitrogen functional groups attached to an aromatic ring is 1. The third-order valence-electron chi connectivity index (χ3n) is 2.59. The number of hydrogen-bond donors (Lipinski definition) is 3. The van der Waals surface area contributed by atoms with Gasteiger partial charge in [-0.25, -0.2) is 4.79 Å². The molecule has 1 aromatic heterocycles. The van der Waals surface area contributed by atoms with Gasteiger partial charge in [-0.3, -0.25) is 0 Å². The number of aromatic amines is 1. The molecule has 0 aliphatic rings. The number of rotatable bonds is 7. The summed E-state index contributed by atoms with van der Waals surface area (Å²) >= 11 is 0. The van der Waals surface area contributed by atoms with Crippen molar-refractivity contribution in [2.75, 3.05) is 24.2 Å². The number of anilines is 2. The maximum atomic E-state index is 10.6. The zero-order valence-corrected chi connectivity index (χ0v) is 10.9. The predicted octanol–water partition coefficient (Wildman–Crippen LogP) is 1.47. The van der Waals surface area contributed by atoms with Gasteiger partial charge >= 0.3 is 6.09 Å². The van der Waals surface area contributed by atoms with Gasteiger partial charge in [0.1, 0.15) is 0 Å². The second kappa shape index (κ2) is 6.73. The standard InChI is InChI=1S/C11H21N5O2/c1-3-4-5-6-7-16(2)11-14-8(12)9(15-11)18-10(13)17/h3-7,12H2,1-2H3,(H2,13,17)(H,14,15). The van der Waals surface area contributed by atoms with Crippen LogP contribution in [0, 0.1) is 0 Å². The number of nitrogens with two attached hydrogens (primary N) is 2. The van der Waals surface area contributed by atoms with E-state index in [-0.39, 0.29) is 11.7 Å². The van der Waals surface area contributed by atoms with Crippen LogP contribution >= 0.6 is 0 Å². The third kappa shape index (κ3) is 4.15. The van der Waals surface area contributed by atoms with Crippen molar-refractivity contribution in [1.82, 2.24) is 9.97 Å². The van der Waals surface area contributed by atoms with E-state index in [1.807, 2.05) is 11.9 Å². The Morgan fingerprint density at radius 1 is 1.44 bits per heavy atom. The van der Waals surface area contributed by atoms with Gasteiger partial charge in [-0.1, -0.05) is 26.2 Å². The molecule has 102 valence electrons. The van der Waals surface area contributed by atoms with Crippen molar-refractivity contribution in [3.05, 3.63) is 0 Å². The van der Waals surface area contributed by atoms with Crippen molar-refractivity contribution in [1.29, 1.82) is 0 Å². The summed E-state index contributed by atoms with van der Waals surface area (Å²) in [6, 6.07) is 0. The number of imidazole rings is 1. The van der Waals surface area contributed by atoms with Crippen molar-refractivity contribution in [3.63, 3.8) is 0 Å². The number of unbranched alkanes of at least 4 members (excludes halogenated alkanes) is 3. The van der Waals surface area contributed by atoms with E-state index in [0.717, 1.165) is 13.0 Å². The molecule has 0 saturated heterocycles. The first-order valence-corrected chi connectivity index (χ1v) is 6.08. The summed E-state index contributed by atoms with van der Waals surface area (Å²) in [5.41, 5.74) is 10.5. The average Bonchev–Trinajstić information content (AvgIpc) is 2.65. The minimum absolute atomic E-state index is 0.0258. The molecule has 0 bridgehead atoms. The lowest BCUT2D eigenvalue weighted by molar-refractivity contribution is 0.209. The fourth-order valence-electron chi connectivity index (χ4n) is 1.59. The van der Waals surface area contributed by atoms with Crippen molar-refractivity contribution in [2.24, 2.45) is 5.73 Å². The van der Waals surface area contributed by atoms with Gasteiger partial charge in [-0.2, -0.15) is 4.98 Å². The molecule has 0 radical (unpaired) electrons. The molecule has 5 N–H and O–H groups in total. The molecular formula is C11H21N5O2. The van der Waals surface area contributed by atoms with E-state index in [1.54, 1.807) is 0 Å². The lowest BCUT2D eigenvalue weighted by Crippen LogP contribution is -2.20. The Balaban J connectivity index is 2.52. The number of carbonyl (C=O) groups excluding carboxylic acids is 1. The van der Waals surface area contributed by atoms with E-state index in [9.17, 15) is 4.79 Å². The minimum Gasteiger partial charge on any atom is -0.387 e. The number of amides is 1. The molecule has 0 fully saturated rings. The summed E-state index contributed by atoms with van der Waals surface area (Å²) in [5, 5.41) is 0. The van der Waals surface area contributed by atoms with Crippen LogP contribution in [0.4, 0.5) is 16.6 Å². The highest BCUT2D eigenvalue weighted by atomic mass is 16.6. The molecule has 0 saturated carbocycles. The Bertz CT molecular complexity index is 391. The number of nitrogens with zero attached hydrogens (tertiary/aromatic N) is 2. The molecule has 1 aromatic rings. The summed E-state index contributed by atoms with van der Waals surface area (Å²) in [6.45, 7) is 3.04. The van der Waals surface area contributed by atoms with Gasteiger partial charge in [0.25, 0.3) is 5.88 Å². The van der Waals surface area contributed by atoms with Crippen LogP contribution in [0.25, 0.3) is 0 Å². The van der Waals surface area contributed by atoms with Gasteiger partial charge in [0.05, 0.1) is 0 Å². The van der Waals surface area contributed by atoms with Gasteiger partial charge in [0.2, 0.25) is 5.95 Å². The molecule has 0 aliphatic heterocycles. The van der Waals surface area contributed by atoms with Crippen LogP contribution < -0.4 is 21.1 Å². The first-order valence-electron chi connectivity index (χ1n) is 6.08. The number of ether oxygens (including phenoxy) is 1.